The van der Waals surface area contributed by atoms with Gasteiger partial charge in [0.25, 0.3) is 0 Å². The highest BCUT2D eigenvalue weighted by Gasteiger charge is 2.19. The maximum absolute atomic E-state index is 14.3. The summed E-state index contributed by atoms with van der Waals surface area (Å²) in [7, 11) is -2.04. The van der Waals surface area contributed by atoms with Crippen molar-refractivity contribution >= 4 is 16.0 Å². The van der Waals surface area contributed by atoms with Crippen molar-refractivity contribution in [3.05, 3.63) is 77.1 Å². The van der Waals surface area contributed by atoms with Crippen LogP contribution in [-0.2, 0) is 40.6 Å². The number of nitrogens with one attached hydrogen (secondary N) is 1. The van der Waals surface area contributed by atoms with E-state index >= 15 is 0 Å². The van der Waals surface area contributed by atoms with E-state index in [1.165, 1.54) is 13.2 Å². The number of esters is 1. The van der Waals surface area contributed by atoms with Crippen molar-refractivity contribution in [2.75, 3.05) is 19.9 Å². The summed E-state index contributed by atoms with van der Waals surface area (Å²) in [5.74, 6) is -0.436. The second kappa shape index (κ2) is 11.3. The molecule has 0 radical (unpaired) electrons. The molecule has 1 aromatic heterocycles. The van der Waals surface area contributed by atoms with E-state index in [2.05, 4.69) is 35.0 Å². The first-order valence-electron chi connectivity index (χ1n) is 11.8. The van der Waals surface area contributed by atoms with Crippen molar-refractivity contribution in [1.82, 2.24) is 14.3 Å². The SMILES string of the molecule is COC(=O)c1c(F)cccc1-c1ccc(CCc2ncc(CC(C)(C)C)n2CCNS(C)(=O)=O)cc1. The highest BCUT2D eigenvalue weighted by atomic mass is 32.2. The fraction of sp³-hybridized carbons (Fsp3) is 0.407. The van der Waals surface area contributed by atoms with Crippen LogP contribution in [0.1, 0.15) is 48.2 Å². The van der Waals surface area contributed by atoms with Gasteiger partial charge in [-0.25, -0.2) is 27.3 Å². The molecule has 0 aliphatic rings. The van der Waals surface area contributed by atoms with Gasteiger partial charge in [-0.2, -0.15) is 0 Å². The van der Waals surface area contributed by atoms with E-state index in [-0.39, 0.29) is 11.0 Å². The first kappa shape index (κ1) is 27.5. The lowest BCUT2D eigenvalue weighted by molar-refractivity contribution is 0.0596. The van der Waals surface area contributed by atoms with Crippen molar-refractivity contribution < 1.29 is 22.3 Å². The van der Waals surface area contributed by atoms with Gasteiger partial charge in [0.2, 0.25) is 10.0 Å². The molecule has 9 heteroatoms. The quantitative estimate of drug-likeness (QED) is 0.404. The minimum atomic E-state index is -3.27. The van der Waals surface area contributed by atoms with Crippen LogP contribution in [-0.4, -0.2) is 43.8 Å². The van der Waals surface area contributed by atoms with Crippen molar-refractivity contribution in [1.29, 1.82) is 0 Å². The van der Waals surface area contributed by atoms with Gasteiger partial charge in [0.05, 0.1) is 13.4 Å². The molecule has 3 aromatic rings. The summed E-state index contributed by atoms with van der Waals surface area (Å²) in [6.07, 6.45) is 5.25. The third kappa shape index (κ3) is 7.48. The lowest BCUT2D eigenvalue weighted by Crippen LogP contribution is -2.27. The minimum absolute atomic E-state index is 0.0646. The van der Waals surface area contributed by atoms with Gasteiger partial charge in [0.15, 0.2) is 0 Å². The average Bonchev–Trinajstić information content (AvgIpc) is 3.16. The van der Waals surface area contributed by atoms with Gasteiger partial charge >= 0.3 is 5.97 Å². The molecule has 0 unspecified atom stereocenters. The number of hydrogen-bond acceptors (Lipinski definition) is 5. The second-order valence-electron chi connectivity index (χ2n) is 10.1. The normalized spacial score (nSPS) is 12.1. The number of aromatic nitrogens is 2. The molecule has 0 saturated heterocycles. The number of imidazole rings is 1. The van der Waals surface area contributed by atoms with Crippen LogP contribution in [0.3, 0.4) is 0 Å². The molecule has 0 aliphatic heterocycles. The van der Waals surface area contributed by atoms with Crippen LogP contribution in [0.5, 0.6) is 0 Å². The Hall–Kier alpha value is -3.04. The zero-order valence-electron chi connectivity index (χ0n) is 21.5. The van der Waals surface area contributed by atoms with Gasteiger partial charge in [0.1, 0.15) is 17.2 Å². The number of nitrogens with zero attached hydrogens (tertiary/aromatic N) is 2. The largest absolute Gasteiger partial charge is 0.465 e. The van der Waals surface area contributed by atoms with Crippen molar-refractivity contribution in [2.45, 2.75) is 46.6 Å². The number of carbonyl (C=O) groups is 1. The number of ether oxygens (including phenoxy) is 1. The third-order valence-electron chi connectivity index (χ3n) is 5.74. The Morgan fingerprint density at radius 3 is 2.42 bits per heavy atom. The zero-order valence-corrected chi connectivity index (χ0v) is 22.3. The molecule has 0 spiro atoms. The highest BCUT2D eigenvalue weighted by Crippen LogP contribution is 2.27. The maximum atomic E-state index is 14.3. The number of halogens is 1. The summed E-state index contributed by atoms with van der Waals surface area (Å²) >= 11 is 0. The van der Waals surface area contributed by atoms with Gasteiger partial charge in [-0.1, -0.05) is 57.2 Å². The van der Waals surface area contributed by atoms with E-state index < -0.39 is 21.8 Å². The Labute approximate surface area is 212 Å². The zero-order chi connectivity index (χ0) is 26.5. The van der Waals surface area contributed by atoms with Gasteiger partial charge < -0.3 is 9.30 Å². The molecule has 0 saturated carbocycles. The standard InChI is InChI=1S/C27H34FN3O4S/c1-27(2,3)17-21-18-29-24(31(21)16-15-30-36(5,33)34)14-11-19-9-12-20(13-10-19)22-7-6-8-23(28)25(22)26(32)35-4/h6-10,12-13,18,30H,11,14-17H2,1-5H3. The molecule has 194 valence electrons. The first-order chi connectivity index (χ1) is 16.9. The molecule has 0 fully saturated rings. The molecule has 2 aromatic carbocycles. The molecule has 0 amide bonds. The number of methoxy groups -OCH3 is 1. The van der Waals surface area contributed by atoms with Gasteiger partial charge in [-0.3, -0.25) is 0 Å². The topological polar surface area (TPSA) is 90.3 Å². The summed E-state index contributed by atoms with van der Waals surface area (Å²) < 4.78 is 46.7. The number of aryl methyl sites for hydroxylation is 2. The fourth-order valence-electron chi connectivity index (χ4n) is 4.13. The summed E-state index contributed by atoms with van der Waals surface area (Å²) in [5, 5.41) is 0. The van der Waals surface area contributed by atoms with Crippen LogP contribution in [0.15, 0.2) is 48.7 Å². The monoisotopic (exact) mass is 515 g/mol. The Morgan fingerprint density at radius 1 is 1.11 bits per heavy atom. The molecule has 3 rings (SSSR count). The summed E-state index contributed by atoms with van der Waals surface area (Å²) in [6.45, 7) is 7.27. The molecular formula is C27H34FN3O4S. The highest BCUT2D eigenvalue weighted by molar-refractivity contribution is 7.88. The molecule has 0 aliphatic carbocycles. The van der Waals surface area contributed by atoms with Crippen LogP contribution >= 0.6 is 0 Å². The van der Waals surface area contributed by atoms with Crippen LogP contribution in [0, 0.1) is 11.2 Å². The Balaban J connectivity index is 1.77. The van der Waals surface area contributed by atoms with Crippen molar-refractivity contribution in [3.8, 4) is 11.1 Å². The van der Waals surface area contributed by atoms with Crippen LogP contribution in [0.2, 0.25) is 0 Å². The summed E-state index contributed by atoms with van der Waals surface area (Å²) in [4.78, 5) is 16.7. The molecular weight excluding hydrogens is 481 g/mol. The van der Waals surface area contributed by atoms with E-state index in [0.29, 0.717) is 25.1 Å². The Bertz CT molecular complexity index is 1310. The van der Waals surface area contributed by atoms with E-state index in [9.17, 15) is 17.6 Å². The first-order valence-corrected chi connectivity index (χ1v) is 13.7. The number of carbonyl (C=O) groups excluding carboxylic acids is 1. The smallest absolute Gasteiger partial charge is 0.341 e. The maximum Gasteiger partial charge on any atom is 0.341 e. The van der Waals surface area contributed by atoms with Crippen LogP contribution in [0.25, 0.3) is 11.1 Å². The second-order valence-corrected chi connectivity index (χ2v) is 11.9. The molecule has 1 heterocycles. The van der Waals surface area contributed by atoms with Gasteiger partial charge in [0, 0.05) is 31.4 Å². The Morgan fingerprint density at radius 2 is 1.81 bits per heavy atom. The van der Waals surface area contributed by atoms with E-state index in [1.54, 1.807) is 12.1 Å². The predicted molar refractivity (Wildman–Crippen MR) is 139 cm³/mol. The third-order valence-corrected chi connectivity index (χ3v) is 6.47. The lowest BCUT2D eigenvalue weighted by atomic mass is 9.91. The number of sulfonamides is 1. The molecule has 36 heavy (non-hydrogen) atoms. The van der Waals surface area contributed by atoms with E-state index in [1.807, 2.05) is 30.5 Å². The number of rotatable bonds is 10. The average molecular weight is 516 g/mol. The van der Waals surface area contributed by atoms with Gasteiger partial charge in [-0.15, -0.1) is 0 Å². The molecule has 0 atom stereocenters. The molecule has 0 bridgehead atoms. The predicted octanol–water partition coefficient (Wildman–Crippen LogP) is 4.40. The van der Waals surface area contributed by atoms with E-state index in [4.69, 9.17) is 4.74 Å². The van der Waals surface area contributed by atoms with Crippen molar-refractivity contribution in [2.24, 2.45) is 5.41 Å². The van der Waals surface area contributed by atoms with E-state index in [0.717, 1.165) is 41.7 Å². The summed E-state index contributed by atoms with van der Waals surface area (Å²) in [5.41, 5.74) is 3.33. The van der Waals surface area contributed by atoms with Crippen molar-refractivity contribution in [3.63, 3.8) is 0 Å². The minimum Gasteiger partial charge on any atom is -0.465 e. The molecule has 1 N–H and O–H groups in total. The van der Waals surface area contributed by atoms with Crippen LogP contribution in [0.4, 0.5) is 4.39 Å². The number of benzene rings is 2. The lowest BCUT2D eigenvalue weighted by Gasteiger charge is -2.20. The Kier molecular flexibility index (Phi) is 8.68. The molecule has 7 nitrogen and oxygen atoms in total. The fourth-order valence-corrected chi connectivity index (χ4v) is 4.60. The summed E-state index contributed by atoms with van der Waals surface area (Å²) in [6, 6.07) is 12.1. The van der Waals surface area contributed by atoms with Crippen LogP contribution < -0.4 is 4.72 Å². The number of hydrogen-bond donors (Lipinski definition) is 1. The van der Waals surface area contributed by atoms with Gasteiger partial charge in [-0.05, 0) is 41.0 Å².